The van der Waals surface area contributed by atoms with E-state index in [1.165, 1.54) is 0 Å². The Morgan fingerprint density at radius 2 is 1.83 bits per heavy atom. The zero-order valence-electron chi connectivity index (χ0n) is 20.2. The van der Waals surface area contributed by atoms with E-state index >= 15 is 0 Å². The predicted molar refractivity (Wildman–Crippen MR) is 140 cm³/mol. The molecule has 9 nitrogen and oxygen atoms in total. The first-order valence-corrected chi connectivity index (χ1v) is 12.0. The van der Waals surface area contributed by atoms with E-state index in [0.29, 0.717) is 5.69 Å². The highest BCUT2D eigenvalue weighted by molar-refractivity contribution is 5.98. The number of nitrogen functional groups attached to an aromatic ring is 1. The molecule has 6 rings (SSSR count). The van der Waals surface area contributed by atoms with Gasteiger partial charge in [0.25, 0.3) is 0 Å². The number of hydrogen-bond donors (Lipinski definition) is 3. The second-order valence-corrected chi connectivity index (χ2v) is 9.61. The fourth-order valence-electron chi connectivity index (χ4n) is 4.83. The standard InChI is InChI=1S/C26H29N9/c1-15(2)24-18(27)10-16(12-29-24)19-4-5-20-25(31-19)26(33-32-20)21-11-17-22(30-21)13-28-14-23(17)35-8-6-34(3)7-9-35/h4-5,10-15,30H,6-9,27H2,1-3H3,(H,32,33). The van der Waals surface area contributed by atoms with Crippen molar-refractivity contribution in [3.8, 4) is 22.6 Å². The van der Waals surface area contributed by atoms with Gasteiger partial charge in [0.05, 0.1) is 51.9 Å². The molecule has 0 saturated carbocycles. The molecule has 1 aliphatic heterocycles. The summed E-state index contributed by atoms with van der Waals surface area (Å²) in [6.07, 6.45) is 5.68. The highest BCUT2D eigenvalue weighted by Crippen LogP contribution is 2.34. The molecule has 0 spiro atoms. The van der Waals surface area contributed by atoms with Crippen LogP contribution in [0, 0.1) is 0 Å². The molecule has 0 unspecified atom stereocenters. The number of aromatic nitrogens is 6. The van der Waals surface area contributed by atoms with Crippen LogP contribution in [-0.2, 0) is 0 Å². The van der Waals surface area contributed by atoms with E-state index in [2.05, 4.69) is 61.9 Å². The number of hydrogen-bond acceptors (Lipinski definition) is 7. The Bertz CT molecular complexity index is 1520. The summed E-state index contributed by atoms with van der Waals surface area (Å²) in [7, 11) is 2.16. The molecule has 9 heteroatoms. The SMILES string of the molecule is CC(C)c1ncc(-c2ccc3[nH]nc(-c4cc5c(N6CCN(C)CC6)cncc5[nH]4)c3n2)cc1N. The lowest BCUT2D eigenvalue weighted by Gasteiger charge is -2.34. The largest absolute Gasteiger partial charge is 0.397 e. The van der Waals surface area contributed by atoms with Gasteiger partial charge in [0, 0.05) is 43.3 Å². The van der Waals surface area contributed by atoms with Gasteiger partial charge in [-0.1, -0.05) is 13.8 Å². The summed E-state index contributed by atoms with van der Waals surface area (Å²) in [5, 5.41) is 8.87. The van der Waals surface area contributed by atoms with E-state index in [1.54, 1.807) is 0 Å². The molecular formula is C26H29N9. The Balaban J connectivity index is 1.41. The lowest BCUT2D eigenvalue weighted by molar-refractivity contribution is 0.313. The first-order chi connectivity index (χ1) is 17.0. The summed E-state index contributed by atoms with van der Waals surface area (Å²) >= 11 is 0. The highest BCUT2D eigenvalue weighted by atomic mass is 15.3. The summed E-state index contributed by atoms with van der Waals surface area (Å²) < 4.78 is 0. The maximum atomic E-state index is 6.27. The van der Waals surface area contributed by atoms with Gasteiger partial charge in [0.2, 0.25) is 0 Å². The number of H-pyrrole nitrogens is 2. The topological polar surface area (TPSA) is 116 Å². The molecule has 0 aromatic carbocycles. The molecular weight excluding hydrogens is 438 g/mol. The smallest absolute Gasteiger partial charge is 0.135 e. The van der Waals surface area contributed by atoms with Crippen molar-refractivity contribution in [3.05, 3.63) is 48.5 Å². The van der Waals surface area contributed by atoms with Crippen molar-refractivity contribution in [2.24, 2.45) is 0 Å². The Kier molecular flexibility index (Phi) is 5.14. The zero-order valence-corrected chi connectivity index (χ0v) is 20.2. The predicted octanol–water partition coefficient (Wildman–Crippen LogP) is 4.02. The number of pyridine rings is 3. The first kappa shape index (κ1) is 21.5. The number of nitrogens with zero attached hydrogens (tertiary/aromatic N) is 6. The molecule has 1 fully saturated rings. The van der Waals surface area contributed by atoms with E-state index < -0.39 is 0 Å². The number of fused-ring (bicyclic) bond motifs is 2. The molecule has 0 amide bonds. The van der Waals surface area contributed by atoms with Crippen LogP contribution in [0.15, 0.2) is 42.9 Å². The number of aromatic amines is 2. The summed E-state index contributed by atoms with van der Waals surface area (Å²) in [6, 6.07) is 8.08. The Hall–Kier alpha value is -3.98. The van der Waals surface area contributed by atoms with Gasteiger partial charge in [-0.15, -0.1) is 0 Å². The molecule has 0 aliphatic carbocycles. The number of nitrogens with one attached hydrogen (secondary N) is 2. The normalized spacial score (nSPS) is 15.0. The van der Waals surface area contributed by atoms with Crippen LogP contribution in [0.4, 0.5) is 11.4 Å². The van der Waals surface area contributed by atoms with Crippen molar-refractivity contribution in [1.82, 2.24) is 35.0 Å². The number of anilines is 2. The number of rotatable bonds is 4. The minimum absolute atomic E-state index is 0.271. The summed E-state index contributed by atoms with van der Waals surface area (Å²) in [5.41, 5.74) is 15.1. The molecule has 6 heterocycles. The van der Waals surface area contributed by atoms with Crippen LogP contribution >= 0.6 is 0 Å². The van der Waals surface area contributed by atoms with Crippen LogP contribution in [0.3, 0.4) is 0 Å². The summed E-state index contributed by atoms with van der Waals surface area (Å²) in [6.45, 7) is 8.24. The van der Waals surface area contributed by atoms with Crippen LogP contribution in [0.1, 0.15) is 25.5 Å². The Labute approximate surface area is 203 Å². The number of piperazine rings is 1. The van der Waals surface area contributed by atoms with E-state index in [1.807, 2.05) is 36.8 Å². The zero-order chi connectivity index (χ0) is 24.1. The van der Waals surface area contributed by atoms with E-state index in [-0.39, 0.29) is 5.92 Å². The van der Waals surface area contributed by atoms with E-state index in [0.717, 1.165) is 82.1 Å². The van der Waals surface area contributed by atoms with E-state index in [4.69, 9.17) is 10.7 Å². The lowest BCUT2D eigenvalue weighted by Crippen LogP contribution is -2.44. The number of likely N-dealkylation sites (N-methyl/N-ethyl adjacent to an activating group) is 1. The third kappa shape index (κ3) is 3.77. The van der Waals surface area contributed by atoms with Crippen molar-refractivity contribution in [1.29, 1.82) is 0 Å². The molecule has 5 aromatic rings. The van der Waals surface area contributed by atoms with Crippen LogP contribution in [0.2, 0.25) is 0 Å². The fraction of sp³-hybridized carbons (Fsp3) is 0.308. The molecule has 178 valence electrons. The monoisotopic (exact) mass is 467 g/mol. The lowest BCUT2D eigenvalue weighted by atomic mass is 10.1. The second kappa shape index (κ2) is 8.35. The van der Waals surface area contributed by atoms with Gasteiger partial charge in [-0.2, -0.15) is 5.10 Å². The molecule has 0 atom stereocenters. The molecule has 35 heavy (non-hydrogen) atoms. The van der Waals surface area contributed by atoms with Gasteiger partial charge in [-0.05, 0) is 37.2 Å². The quantitative estimate of drug-likeness (QED) is 0.366. The van der Waals surface area contributed by atoms with Gasteiger partial charge in [-0.25, -0.2) is 4.98 Å². The van der Waals surface area contributed by atoms with E-state index in [9.17, 15) is 0 Å². The maximum Gasteiger partial charge on any atom is 0.135 e. The third-order valence-electron chi connectivity index (χ3n) is 6.82. The van der Waals surface area contributed by atoms with Gasteiger partial charge < -0.3 is 20.5 Å². The fourth-order valence-corrected chi connectivity index (χ4v) is 4.83. The highest BCUT2D eigenvalue weighted by Gasteiger charge is 2.20. The average Bonchev–Trinajstić information content (AvgIpc) is 3.47. The van der Waals surface area contributed by atoms with Gasteiger partial charge in [0.1, 0.15) is 11.2 Å². The van der Waals surface area contributed by atoms with Crippen LogP contribution < -0.4 is 10.6 Å². The van der Waals surface area contributed by atoms with Crippen LogP contribution in [0.5, 0.6) is 0 Å². The number of nitrogens with two attached hydrogens (primary N) is 1. The molecule has 0 bridgehead atoms. The third-order valence-corrected chi connectivity index (χ3v) is 6.82. The van der Waals surface area contributed by atoms with Crippen molar-refractivity contribution < 1.29 is 0 Å². The van der Waals surface area contributed by atoms with Gasteiger partial charge in [0.15, 0.2) is 0 Å². The van der Waals surface area contributed by atoms with Crippen molar-refractivity contribution in [2.45, 2.75) is 19.8 Å². The minimum Gasteiger partial charge on any atom is -0.397 e. The van der Waals surface area contributed by atoms with Crippen molar-refractivity contribution in [3.63, 3.8) is 0 Å². The molecule has 1 aliphatic rings. The van der Waals surface area contributed by atoms with Crippen molar-refractivity contribution in [2.75, 3.05) is 43.9 Å². The minimum atomic E-state index is 0.271. The molecule has 5 aromatic heterocycles. The van der Waals surface area contributed by atoms with Gasteiger partial charge in [-0.3, -0.25) is 15.1 Å². The summed E-state index contributed by atoms with van der Waals surface area (Å²) in [4.78, 5) is 22.3. The van der Waals surface area contributed by atoms with Gasteiger partial charge >= 0.3 is 0 Å². The van der Waals surface area contributed by atoms with Crippen LogP contribution in [-0.4, -0.2) is 68.3 Å². The molecule has 1 saturated heterocycles. The molecule has 4 N–H and O–H groups in total. The van der Waals surface area contributed by atoms with Crippen LogP contribution in [0.25, 0.3) is 44.6 Å². The van der Waals surface area contributed by atoms with Crippen molar-refractivity contribution >= 4 is 33.3 Å². The Morgan fingerprint density at radius 1 is 1.00 bits per heavy atom. The first-order valence-electron chi connectivity index (χ1n) is 12.0. The summed E-state index contributed by atoms with van der Waals surface area (Å²) in [5.74, 6) is 0.271. The molecule has 0 radical (unpaired) electrons. The second-order valence-electron chi connectivity index (χ2n) is 9.61. The maximum absolute atomic E-state index is 6.27. The average molecular weight is 468 g/mol. The Morgan fingerprint density at radius 3 is 2.60 bits per heavy atom.